The van der Waals surface area contributed by atoms with Gasteiger partial charge in [-0.3, -0.25) is 4.79 Å². The molecule has 1 unspecified atom stereocenters. The van der Waals surface area contributed by atoms with Gasteiger partial charge in [-0.2, -0.15) is 0 Å². The summed E-state index contributed by atoms with van der Waals surface area (Å²) in [5.41, 5.74) is 0.402. The number of methoxy groups -OCH3 is 1. The number of carbonyl (C=O) groups excluding carboxylic acids is 1. The van der Waals surface area contributed by atoms with Gasteiger partial charge in [0.1, 0.15) is 0 Å². The molecule has 5 heteroatoms. The number of carbonyl (C=O) groups is 1. The van der Waals surface area contributed by atoms with Crippen LogP contribution in [0.1, 0.15) is 30.1 Å². The molecule has 1 atom stereocenters. The molecule has 3 nitrogen and oxygen atoms in total. The van der Waals surface area contributed by atoms with Gasteiger partial charge >= 0.3 is 0 Å². The van der Waals surface area contributed by atoms with Gasteiger partial charge in [-0.25, -0.2) is 4.39 Å². The number of hydrogen-bond acceptors (Lipinski definition) is 2. The van der Waals surface area contributed by atoms with Crippen molar-refractivity contribution in [1.82, 2.24) is 5.32 Å². The minimum absolute atomic E-state index is 0.0794. The zero-order valence-electron chi connectivity index (χ0n) is 10.5. The summed E-state index contributed by atoms with van der Waals surface area (Å²) in [6.07, 6.45) is 1.89. The van der Waals surface area contributed by atoms with E-state index in [1.807, 2.05) is 6.92 Å². The lowest BCUT2D eigenvalue weighted by Crippen LogP contribution is -2.32. The predicted molar refractivity (Wildman–Crippen MR) is 72.9 cm³/mol. The highest BCUT2D eigenvalue weighted by Gasteiger charge is 2.12. The zero-order valence-corrected chi connectivity index (χ0v) is 12.1. The third kappa shape index (κ3) is 4.29. The lowest BCUT2D eigenvalue weighted by Gasteiger charge is -2.13. The maximum atomic E-state index is 13.2. The standard InChI is InChI=1S/C13H17BrFNO2/c1-9(4-3-7-14)16-13(17)10-5-6-11(15)12(8-10)18-2/h5-6,8-9H,3-4,7H2,1-2H3,(H,16,17). The van der Waals surface area contributed by atoms with E-state index in [2.05, 4.69) is 21.2 Å². The second-order valence-corrected chi connectivity index (χ2v) is 4.85. The van der Waals surface area contributed by atoms with Gasteiger partial charge in [0.15, 0.2) is 11.6 Å². The first-order chi connectivity index (χ1) is 8.58. The second-order valence-electron chi connectivity index (χ2n) is 4.06. The van der Waals surface area contributed by atoms with Crippen LogP contribution in [-0.4, -0.2) is 24.4 Å². The Balaban J connectivity index is 2.66. The minimum atomic E-state index is -0.471. The smallest absolute Gasteiger partial charge is 0.251 e. The molecule has 1 N–H and O–H groups in total. The van der Waals surface area contributed by atoms with Crippen LogP contribution in [0.4, 0.5) is 4.39 Å². The van der Waals surface area contributed by atoms with Crippen molar-refractivity contribution >= 4 is 21.8 Å². The van der Waals surface area contributed by atoms with Crippen molar-refractivity contribution in [1.29, 1.82) is 0 Å². The van der Waals surface area contributed by atoms with Gasteiger partial charge in [-0.1, -0.05) is 15.9 Å². The van der Waals surface area contributed by atoms with Crippen molar-refractivity contribution in [3.05, 3.63) is 29.6 Å². The first-order valence-corrected chi connectivity index (χ1v) is 6.91. The van der Waals surface area contributed by atoms with Crippen LogP contribution in [0.15, 0.2) is 18.2 Å². The Kier molecular flexibility index (Phi) is 6.12. The van der Waals surface area contributed by atoms with Crippen LogP contribution in [-0.2, 0) is 0 Å². The maximum Gasteiger partial charge on any atom is 0.251 e. The van der Waals surface area contributed by atoms with E-state index in [0.717, 1.165) is 18.2 Å². The molecule has 1 aromatic rings. The molecule has 18 heavy (non-hydrogen) atoms. The Bertz CT molecular complexity index is 412. The Morgan fingerprint density at radius 2 is 2.28 bits per heavy atom. The Labute approximate surface area is 115 Å². The lowest BCUT2D eigenvalue weighted by molar-refractivity contribution is 0.0938. The van der Waals surface area contributed by atoms with Crippen molar-refractivity contribution < 1.29 is 13.9 Å². The van der Waals surface area contributed by atoms with Gasteiger partial charge in [0.25, 0.3) is 5.91 Å². The molecule has 0 fully saturated rings. The number of alkyl halides is 1. The minimum Gasteiger partial charge on any atom is -0.494 e. The highest BCUT2D eigenvalue weighted by Crippen LogP contribution is 2.18. The fraction of sp³-hybridized carbons (Fsp3) is 0.462. The normalized spacial score (nSPS) is 12.0. The molecule has 1 aromatic carbocycles. The SMILES string of the molecule is COc1cc(C(=O)NC(C)CCCBr)ccc1F. The first-order valence-electron chi connectivity index (χ1n) is 5.79. The van der Waals surface area contributed by atoms with E-state index in [9.17, 15) is 9.18 Å². The molecule has 0 aliphatic carbocycles. The van der Waals surface area contributed by atoms with Gasteiger partial charge in [-0.05, 0) is 38.0 Å². The summed E-state index contributed by atoms with van der Waals surface area (Å²) < 4.78 is 18.0. The van der Waals surface area contributed by atoms with Crippen molar-refractivity contribution in [3.63, 3.8) is 0 Å². The largest absolute Gasteiger partial charge is 0.494 e. The van der Waals surface area contributed by atoms with Crippen molar-refractivity contribution in [3.8, 4) is 5.75 Å². The third-order valence-electron chi connectivity index (χ3n) is 2.56. The van der Waals surface area contributed by atoms with E-state index in [1.54, 1.807) is 0 Å². The molecule has 0 saturated carbocycles. The van der Waals surface area contributed by atoms with Gasteiger partial charge < -0.3 is 10.1 Å². The molecule has 0 aliphatic heterocycles. The molecule has 1 amide bonds. The quantitative estimate of drug-likeness (QED) is 0.819. The molecule has 0 radical (unpaired) electrons. The van der Waals surface area contributed by atoms with E-state index >= 15 is 0 Å². The van der Waals surface area contributed by atoms with Crippen molar-refractivity contribution in [2.24, 2.45) is 0 Å². The third-order valence-corrected chi connectivity index (χ3v) is 3.12. The van der Waals surface area contributed by atoms with Gasteiger partial charge in [0.05, 0.1) is 7.11 Å². The summed E-state index contributed by atoms with van der Waals surface area (Å²) in [4.78, 5) is 11.9. The Hall–Kier alpha value is -1.10. The molecule has 100 valence electrons. The number of hydrogen-bond donors (Lipinski definition) is 1. The van der Waals surface area contributed by atoms with Crippen molar-refractivity contribution in [2.45, 2.75) is 25.8 Å². The monoisotopic (exact) mass is 317 g/mol. The average molecular weight is 318 g/mol. The lowest BCUT2D eigenvalue weighted by atomic mass is 10.1. The van der Waals surface area contributed by atoms with Crippen molar-refractivity contribution in [2.75, 3.05) is 12.4 Å². The molecule has 0 aliphatic rings. The fourth-order valence-electron chi connectivity index (χ4n) is 1.56. The van der Waals surface area contributed by atoms with Crippen LogP contribution in [0.25, 0.3) is 0 Å². The molecule has 0 bridgehead atoms. The van der Waals surface area contributed by atoms with E-state index in [0.29, 0.717) is 5.56 Å². The van der Waals surface area contributed by atoms with E-state index in [4.69, 9.17) is 4.74 Å². The molecular weight excluding hydrogens is 301 g/mol. The summed E-state index contributed by atoms with van der Waals surface area (Å²) in [6, 6.07) is 4.18. The Morgan fingerprint density at radius 3 is 2.89 bits per heavy atom. The van der Waals surface area contributed by atoms with E-state index in [-0.39, 0.29) is 17.7 Å². The van der Waals surface area contributed by atoms with Crippen LogP contribution in [0.5, 0.6) is 5.75 Å². The Morgan fingerprint density at radius 1 is 1.56 bits per heavy atom. The second kappa shape index (κ2) is 7.36. The molecule has 0 saturated heterocycles. The molecule has 0 spiro atoms. The highest BCUT2D eigenvalue weighted by atomic mass is 79.9. The number of benzene rings is 1. The van der Waals surface area contributed by atoms with Gasteiger partial charge in [0.2, 0.25) is 0 Å². The maximum absolute atomic E-state index is 13.2. The summed E-state index contributed by atoms with van der Waals surface area (Å²) in [6.45, 7) is 1.95. The number of rotatable bonds is 6. The molecular formula is C13H17BrFNO2. The average Bonchev–Trinajstić information content (AvgIpc) is 2.36. The number of ether oxygens (including phenoxy) is 1. The number of nitrogens with one attached hydrogen (secondary N) is 1. The molecule has 0 heterocycles. The highest BCUT2D eigenvalue weighted by molar-refractivity contribution is 9.09. The van der Waals surface area contributed by atoms with Crippen LogP contribution >= 0.6 is 15.9 Å². The number of halogens is 2. The fourth-order valence-corrected chi connectivity index (χ4v) is 1.89. The zero-order chi connectivity index (χ0) is 13.5. The topological polar surface area (TPSA) is 38.3 Å². The molecule has 0 aromatic heterocycles. The summed E-state index contributed by atoms with van der Waals surface area (Å²) >= 11 is 3.34. The van der Waals surface area contributed by atoms with E-state index in [1.165, 1.54) is 25.3 Å². The summed E-state index contributed by atoms with van der Waals surface area (Å²) in [7, 11) is 1.37. The summed E-state index contributed by atoms with van der Waals surface area (Å²) in [5, 5.41) is 3.78. The van der Waals surface area contributed by atoms with Crippen LogP contribution in [0.2, 0.25) is 0 Å². The van der Waals surface area contributed by atoms with Crippen LogP contribution < -0.4 is 10.1 Å². The van der Waals surface area contributed by atoms with E-state index < -0.39 is 5.82 Å². The van der Waals surface area contributed by atoms with Crippen LogP contribution in [0, 0.1) is 5.82 Å². The molecule has 1 rings (SSSR count). The first kappa shape index (κ1) is 15.0. The van der Waals surface area contributed by atoms with Gasteiger partial charge in [0, 0.05) is 16.9 Å². The number of amides is 1. The van der Waals surface area contributed by atoms with Crippen LogP contribution in [0.3, 0.4) is 0 Å². The summed E-state index contributed by atoms with van der Waals surface area (Å²) in [5.74, 6) is -0.604. The van der Waals surface area contributed by atoms with Gasteiger partial charge in [-0.15, -0.1) is 0 Å². The predicted octanol–water partition coefficient (Wildman–Crippen LogP) is 3.13.